The highest BCUT2D eigenvalue weighted by Crippen LogP contribution is 2.27. The van der Waals surface area contributed by atoms with E-state index in [0.29, 0.717) is 0 Å². The number of carbonyl (C=O) groups is 1. The summed E-state index contributed by atoms with van der Waals surface area (Å²) in [6, 6.07) is 0. The first-order chi connectivity index (χ1) is 4.92. The van der Waals surface area contributed by atoms with Crippen molar-refractivity contribution < 1.29 is 19.4 Å². The molecule has 0 bridgehead atoms. The summed E-state index contributed by atoms with van der Waals surface area (Å²) < 4.78 is 9.45. The van der Waals surface area contributed by atoms with Gasteiger partial charge in [0.05, 0.1) is 0 Å². The molecule has 1 rings (SSSR count). The minimum Gasteiger partial charge on any atom is -0.480 e. The molecule has 0 aromatic heterocycles. The van der Waals surface area contributed by atoms with E-state index in [0.717, 1.165) is 0 Å². The van der Waals surface area contributed by atoms with Crippen LogP contribution in [-0.4, -0.2) is 16.9 Å². The highest BCUT2D eigenvalue weighted by molar-refractivity contribution is 9.12. The Morgan fingerprint density at radius 2 is 2.00 bits per heavy atom. The second kappa shape index (κ2) is 2.41. The Labute approximate surface area is 71.9 Å². The number of ether oxygens (including phenoxy) is 2. The van der Waals surface area contributed by atoms with Crippen molar-refractivity contribution in [3.63, 3.8) is 0 Å². The molecule has 0 radical (unpaired) electrons. The molecular formula is C6H7BrO4. The van der Waals surface area contributed by atoms with E-state index in [9.17, 15) is 4.79 Å². The SMILES string of the molecule is CC1(C)OC(=O)C(Br)=C(O)O1. The second-order valence-electron chi connectivity index (χ2n) is 2.51. The summed E-state index contributed by atoms with van der Waals surface area (Å²) in [5, 5.41) is 8.99. The quantitative estimate of drug-likeness (QED) is 0.631. The Morgan fingerprint density at radius 3 is 2.45 bits per heavy atom. The highest BCUT2D eigenvalue weighted by atomic mass is 79.9. The molecule has 4 nitrogen and oxygen atoms in total. The fourth-order valence-corrected chi connectivity index (χ4v) is 0.816. The maximum Gasteiger partial charge on any atom is 0.355 e. The number of aliphatic hydroxyl groups is 1. The number of halogens is 1. The van der Waals surface area contributed by atoms with Crippen LogP contribution in [0.5, 0.6) is 0 Å². The van der Waals surface area contributed by atoms with Gasteiger partial charge in [-0.1, -0.05) is 0 Å². The lowest BCUT2D eigenvalue weighted by atomic mass is 10.3. The predicted octanol–water partition coefficient (Wildman–Crippen LogP) is 1.42. The lowest BCUT2D eigenvalue weighted by Crippen LogP contribution is -2.35. The summed E-state index contributed by atoms with van der Waals surface area (Å²) in [6.07, 6.45) is 0. The van der Waals surface area contributed by atoms with Crippen molar-refractivity contribution in [3.8, 4) is 0 Å². The summed E-state index contributed by atoms with van der Waals surface area (Å²) in [5.41, 5.74) is 0. The molecule has 0 fully saturated rings. The van der Waals surface area contributed by atoms with Crippen molar-refractivity contribution >= 4 is 21.9 Å². The van der Waals surface area contributed by atoms with Crippen LogP contribution in [0.2, 0.25) is 0 Å². The molecule has 0 atom stereocenters. The number of hydrogen-bond acceptors (Lipinski definition) is 4. The standard InChI is InChI=1S/C6H7BrO4/c1-6(2)10-4(8)3(7)5(9)11-6/h8H,1-2H3. The molecule has 0 saturated carbocycles. The van der Waals surface area contributed by atoms with Crippen molar-refractivity contribution in [3.05, 3.63) is 10.4 Å². The number of esters is 1. The zero-order valence-electron chi connectivity index (χ0n) is 6.05. The van der Waals surface area contributed by atoms with Crippen LogP contribution in [0.4, 0.5) is 0 Å². The molecule has 5 heteroatoms. The summed E-state index contributed by atoms with van der Waals surface area (Å²) in [5.74, 6) is -2.15. The lowest BCUT2D eigenvalue weighted by Gasteiger charge is -2.29. The van der Waals surface area contributed by atoms with Gasteiger partial charge < -0.3 is 14.6 Å². The molecule has 0 amide bonds. The molecule has 1 aliphatic heterocycles. The fraction of sp³-hybridized carbons (Fsp3) is 0.500. The van der Waals surface area contributed by atoms with E-state index in [4.69, 9.17) is 14.6 Å². The molecule has 0 unspecified atom stereocenters. The molecule has 0 aromatic carbocycles. The van der Waals surface area contributed by atoms with Crippen molar-refractivity contribution in [1.29, 1.82) is 0 Å². The topological polar surface area (TPSA) is 55.8 Å². The Morgan fingerprint density at radius 1 is 1.45 bits per heavy atom. The maximum atomic E-state index is 10.9. The van der Waals surface area contributed by atoms with E-state index < -0.39 is 17.7 Å². The maximum absolute atomic E-state index is 10.9. The first kappa shape index (κ1) is 8.39. The largest absolute Gasteiger partial charge is 0.480 e. The minimum atomic E-state index is -1.08. The molecule has 62 valence electrons. The normalized spacial score (nSPS) is 22.6. The van der Waals surface area contributed by atoms with Crippen molar-refractivity contribution in [1.82, 2.24) is 0 Å². The van der Waals surface area contributed by atoms with Crippen LogP contribution in [0.15, 0.2) is 10.4 Å². The van der Waals surface area contributed by atoms with Gasteiger partial charge in [0.2, 0.25) is 0 Å². The van der Waals surface area contributed by atoms with Crippen molar-refractivity contribution in [2.45, 2.75) is 19.6 Å². The van der Waals surface area contributed by atoms with E-state index in [2.05, 4.69) is 15.9 Å². The van der Waals surface area contributed by atoms with Crippen molar-refractivity contribution in [2.24, 2.45) is 0 Å². The first-order valence-electron chi connectivity index (χ1n) is 2.93. The molecule has 11 heavy (non-hydrogen) atoms. The van der Waals surface area contributed by atoms with Gasteiger partial charge in [-0.2, -0.15) is 0 Å². The summed E-state index contributed by atoms with van der Waals surface area (Å²) in [7, 11) is 0. The van der Waals surface area contributed by atoms with Crippen LogP contribution >= 0.6 is 15.9 Å². The zero-order chi connectivity index (χ0) is 8.65. The van der Waals surface area contributed by atoms with E-state index in [1.165, 1.54) is 13.8 Å². The Hall–Kier alpha value is -0.710. The summed E-state index contributed by atoms with van der Waals surface area (Å²) in [4.78, 5) is 10.9. The van der Waals surface area contributed by atoms with Gasteiger partial charge in [-0.05, 0) is 15.9 Å². The van der Waals surface area contributed by atoms with Gasteiger partial charge in [-0.3, -0.25) is 0 Å². The molecule has 0 spiro atoms. The highest BCUT2D eigenvalue weighted by Gasteiger charge is 2.34. The number of aliphatic hydroxyl groups excluding tert-OH is 1. The molecule has 1 heterocycles. The van der Waals surface area contributed by atoms with Crippen molar-refractivity contribution in [2.75, 3.05) is 0 Å². The molecule has 1 aliphatic rings. The van der Waals surface area contributed by atoms with Gasteiger partial charge in [0.15, 0.2) is 4.48 Å². The molecule has 0 aliphatic carbocycles. The summed E-state index contributed by atoms with van der Waals surface area (Å²) in [6.45, 7) is 3.06. The van der Waals surface area contributed by atoms with Crippen LogP contribution in [-0.2, 0) is 14.3 Å². The van der Waals surface area contributed by atoms with Crippen LogP contribution in [0.25, 0.3) is 0 Å². The van der Waals surface area contributed by atoms with Crippen LogP contribution < -0.4 is 0 Å². The zero-order valence-corrected chi connectivity index (χ0v) is 7.64. The molecular weight excluding hydrogens is 216 g/mol. The van der Waals surface area contributed by atoms with Crippen LogP contribution in [0, 0.1) is 0 Å². The number of cyclic esters (lactones) is 1. The average Bonchev–Trinajstić information content (AvgIpc) is 1.81. The number of carbonyl (C=O) groups excluding carboxylic acids is 1. The second-order valence-corrected chi connectivity index (χ2v) is 3.30. The third kappa shape index (κ3) is 1.65. The van der Waals surface area contributed by atoms with Gasteiger partial charge in [0, 0.05) is 13.8 Å². The lowest BCUT2D eigenvalue weighted by molar-refractivity contribution is -0.219. The smallest absolute Gasteiger partial charge is 0.355 e. The Bertz CT molecular complexity index is 231. The van der Waals surface area contributed by atoms with Gasteiger partial charge in [0.25, 0.3) is 5.79 Å². The molecule has 0 aromatic rings. The van der Waals surface area contributed by atoms with Gasteiger partial charge in [-0.15, -0.1) is 0 Å². The Kier molecular flexibility index (Phi) is 1.83. The predicted molar refractivity (Wildman–Crippen MR) is 39.8 cm³/mol. The average molecular weight is 223 g/mol. The monoisotopic (exact) mass is 222 g/mol. The van der Waals surface area contributed by atoms with E-state index >= 15 is 0 Å². The Balaban J connectivity index is 2.94. The number of hydrogen-bond donors (Lipinski definition) is 1. The fourth-order valence-electron chi connectivity index (χ4n) is 0.654. The van der Waals surface area contributed by atoms with E-state index in [-0.39, 0.29) is 4.48 Å². The van der Waals surface area contributed by atoms with E-state index in [1.54, 1.807) is 0 Å². The van der Waals surface area contributed by atoms with E-state index in [1.807, 2.05) is 0 Å². The van der Waals surface area contributed by atoms with Gasteiger partial charge in [-0.25, -0.2) is 4.79 Å². The number of rotatable bonds is 0. The third-order valence-corrected chi connectivity index (χ3v) is 1.71. The first-order valence-corrected chi connectivity index (χ1v) is 3.73. The minimum absolute atomic E-state index is 0.0863. The van der Waals surface area contributed by atoms with Crippen LogP contribution in [0.1, 0.15) is 13.8 Å². The van der Waals surface area contributed by atoms with Crippen LogP contribution in [0.3, 0.4) is 0 Å². The third-order valence-electron chi connectivity index (χ3n) is 1.05. The molecule has 0 saturated heterocycles. The van der Waals surface area contributed by atoms with Gasteiger partial charge >= 0.3 is 11.9 Å². The van der Waals surface area contributed by atoms with Gasteiger partial charge in [0.1, 0.15) is 0 Å². The molecule has 1 N–H and O–H groups in total. The summed E-state index contributed by atoms with van der Waals surface area (Å²) >= 11 is 2.80.